The zero-order valence-corrected chi connectivity index (χ0v) is 11.0. The molecular formula is C13H8BrClO2. The van der Waals surface area contributed by atoms with Crippen LogP contribution in [0.25, 0.3) is 0 Å². The molecule has 2 nitrogen and oxygen atoms in total. The zero-order valence-electron chi connectivity index (χ0n) is 8.69. The lowest BCUT2D eigenvalue weighted by atomic mass is 10.2. The van der Waals surface area contributed by atoms with E-state index in [-0.39, 0.29) is 0 Å². The maximum Gasteiger partial charge on any atom is 0.151 e. The Bertz CT molecular complexity index is 555. The number of carbonyl (C=O) groups excluding carboxylic acids is 1. The van der Waals surface area contributed by atoms with Gasteiger partial charge in [0, 0.05) is 15.1 Å². The van der Waals surface area contributed by atoms with Crippen LogP contribution in [0.4, 0.5) is 0 Å². The van der Waals surface area contributed by atoms with Crippen LogP contribution in [-0.4, -0.2) is 6.29 Å². The van der Waals surface area contributed by atoms with Gasteiger partial charge in [-0.3, -0.25) is 4.79 Å². The van der Waals surface area contributed by atoms with Crippen LogP contribution < -0.4 is 4.74 Å². The van der Waals surface area contributed by atoms with E-state index in [1.54, 1.807) is 30.3 Å². The number of hydrogen-bond donors (Lipinski definition) is 0. The van der Waals surface area contributed by atoms with E-state index in [0.717, 1.165) is 6.29 Å². The number of halogens is 2. The standard InChI is InChI=1S/C13H8BrClO2/c14-13-7-12(5-4-9(13)8-16)17-11-3-1-2-10(15)6-11/h1-8H. The van der Waals surface area contributed by atoms with E-state index < -0.39 is 0 Å². The van der Waals surface area contributed by atoms with Gasteiger partial charge in [0.2, 0.25) is 0 Å². The third kappa shape index (κ3) is 3.08. The average molecular weight is 312 g/mol. The van der Waals surface area contributed by atoms with E-state index in [9.17, 15) is 4.79 Å². The number of carbonyl (C=O) groups is 1. The second-order valence-electron chi connectivity index (χ2n) is 3.36. The van der Waals surface area contributed by atoms with Crippen LogP contribution in [0, 0.1) is 0 Å². The minimum Gasteiger partial charge on any atom is -0.457 e. The van der Waals surface area contributed by atoms with Crippen LogP contribution in [0.3, 0.4) is 0 Å². The summed E-state index contributed by atoms with van der Waals surface area (Å²) < 4.78 is 6.31. The Morgan fingerprint density at radius 1 is 1.12 bits per heavy atom. The van der Waals surface area contributed by atoms with Crippen molar-refractivity contribution in [1.82, 2.24) is 0 Å². The number of ether oxygens (including phenoxy) is 1. The molecule has 2 rings (SSSR count). The Morgan fingerprint density at radius 2 is 1.88 bits per heavy atom. The predicted octanol–water partition coefficient (Wildman–Crippen LogP) is 4.71. The van der Waals surface area contributed by atoms with Crippen molar-refractivity contribution in [1.29, 1.82) is 0 Å². The summed E-state index contributed by atoms with van der Waals surface area (Å²) in [7, 11) is 0. The Hall–Kier alpha value is -1.32. The highest BCUT2D eigenvalue weighted by Gasteiger charge is 2.02. The fraction of sp³-hybridized carbons (Fsp3) is 0. The third-order valence-electron chi connectivity index (χ3n) is 2.13. The van der Waals surface area contributed by atoms with Crippen molar-refractivity contribution in [3.05, 3.63) is 57.5 Å². The fourth-order valence-corrected chi connectivity index (χ4v) is 1.97. The minimum atomic E-state index is 0.587. The van der Waals surface area contributed by atoms with E-state index in [2.05, 4.69) is 15.9 Å². The van der Waals surface area contributed by atoms with Crippen molar-refractivity contribution in [2.75, 3.05) is 0 Å². The summed E-state index contributed by atoms with van der Waals surface area (Å²) in [5.74, 6) is 1.30. The van der Waals surface area contributed by atoms with Gasteiger partial charge in [0.05, 0.1) is 0 Å². The van der Waals surface area contributed by atoms with Crippen molar-refractivity contribution < 1.29 is 9.53 Å². The zero-order chi connectivity index (χ0) is 12.3. The molecule has 0 saturated heterocycles. The lowest BCUT2D eigenvalue weighted by Gasteiger charge is -2.07. The average Bonchev–Trinajstić information content (AvgIpc) is 2.29. The Labute approximate surface area is 112 Å². The lowest BCUT2D eigenvalue weighted by Crippen LogP contribution is -1.87. The van der Waals surface area contributed by atoms with Crippen LogP contribution in [0.2, 0.25) is 5.02 Å². The van der Waals surface area contributed by atoms with Crippen LogP contribution in [0.5, 0.6) is 11.5 Å². The molecule has 0 spiro atoms. The monoisotopic (exact) mass is 310 g/mol. The summed E-state index contributed by atoms with van der Waals surface area (Å²) in [5, 5.41) is 0.617. The summed E-state index contributed by atoms with van der Waals surface area (Å²) in [5.41, 5.74) is 0.587. The molecule has 86 valence electrons. The smallest absolute Gasteiger partial charge is 0.151 e. The molecule has 2 aromatic rings. The van der Waals surface area contributed by atoms with Gasteiger partial charge < -0.3 is 4.74 Å². The molecule has 0 amide bonds. The van der Waals surface area contributed by atoms with Crippen LogP contribution >= 0.6 is 27.5 Å². The van der Waals surface area contributed by atoms with Crippen molar-refractivity contribution >= 4 is 33.8 Å². The Balaban J connectivity index is 2.24. The van der Waals surface area contributed by atoms with Crippen molar-refractivity contribution in [2.24, 2.45) is 0 Å². The molecule has 0 saturated carbocycles. The number of benzene rings is 2. The summed E-state index contributed by atoms with van der Waals surface area (Å²) in [4.78, 5) is 10.7. The first-order chi connectivity index (χ1) is 8.19. The first-order valence-corrected chi connectivity index (χ1v) is 6.04. The molecule has 0 radical (unpaired) electrons. The Kier molecular flexibility index (Phi) is 3.82. The van der Waals surface area contributed by atoms with Crippen molar-refractivity contribution in [2.45, 2.75) is 0 Å². The molecule has 0 aliphatic rings. The molecule has 0 aliphatic heterocycles. The number of hydrogen-bond acceptors (Lipinski definition) is 2. The normalized spacial score (nSPS) is 10.0. The van der Waals surface area contributed by atoms with Gasteiger partial charge in [0.15, 0.2) is 6.29 Å². The van der Waals surface area contributed by atoms with E-state index in [0.29, 0.717) is 26.6 Å². The largest absolute Gasteiger partial charge is 0.457 e. The van der Waals surface area contributed by atoms with Gasteiger partial charge in [-0.25, -0.2) is 0 Å². The van der Waals surface area contributed by atoms with Crippen LogP contribution in [-0.2, 0) is 0 Å². The fourth-order valence-electron chi connectivity index (χ4n) is 1.33. The third-order valence-corrected chi connectivity index (χ3v) is 3.05. The second-order valence-corrected chi connectivity index (χ2v) is 4.65. The van der Waals surface area contributed by atoms with Gasteiger partial charge in [0.1, 0.15) is 11.5 Å². The summed E-state index contributed by atoms with van der Waals surface area (Å²) in [6, 6.07) is 12.3. The van der Waals surface area contributed by atoms with Gasteiger partial charge in [-0.2, -0.15) is 0 Å². The van der Waals surface area contributed by atoms with E-state index in [1.165, 1.54) is 0 Å². The molecule has 17 heavy (non-hydrogen) atoms. The molecule has 0 N–H and O–H groups in total. The summed E-state index contributed by atoms with van der Waals surface area (Å²) >= 11 is 9.15. The van der Waals surface area contributed by atoms with Crippen molar-refractivity contribution in [3.8, 4) is 11.5 Å². The molecular weight excluding hydrogens is 303 g/mol. The molecule has 0 unspecified atom stereocenters. The molecule has 0 bridgehead atoms. The molecule has 0 aromatic heterocycles. The van der Waals surface area contributed by atoms with E-state index in [4.69, 9.17) is 16.3 Å². The van der Waals surface area contributed by atoms with Gasteiger partial charge in [-0.05, 0) is 52.3 Å². The second kappa shape index (κ2) is 5.34. The minimum absolute atomic E-state index is 0.587. The molecule has 0 heterocycles. The molecule has 0 fully saturated rings. The number of aldehydes is 1. The quantitative estimate of drug-likeness (QED) is 0.768. The molecule has 4 heteroatoms. The highest BCUT2D eigenvalue weighted by molar-refractivity contribution is 9.10. The first kappa shape index (κ1) is 12.1. The van der Waals surface area contributed by atoms with Gasteiger partial charge >= 0.3 is 0 Å². The first-order valence-electron chi connectivity index (χ1n) is 4.87. The maximum absolute atomic E-state index is 10.7. The molecule has 0 aliphatic carbocycles. The van der Waals surface area contributed by atoms with Crippen LogP contribution in [0.15, 0.2) is 46.9 Å². The van der Waals surface area contributed by atoms with Crippen molar-refractivity contribution in [3.63, 3.8) is 0 Å². The van der Waals surface area contributed by atoms with E-state index in [1.807, 2.05) is 12.1 Å². The predicted molar refractivity (Wildman–Crippen MR) is 71.1 cm³/mol. The Morgan fingerprint density at radius 3 is 2.53 bits per heavy atom. The summed E-state index contributed by atoms with van der Waals surface area (Å²) in [6.07, 6.45) is 0.785. The van der Waals surface area contributed by atoms with Gasteiger partial charge in [0.25, 0.3) is 0 Å². The van der Waals surface area contributed by atoms with E-state index >= 15 is 0 Å². The molecule has 0 atom stereocenters. The molecule has 2 aromatic carbocycles. The maximum atomic E-state index is 10.7. The lowest BCUT2D eigenvalue weighted by molar-refractivity contribution is 0.112. The van der Waals surface area contributed by atoms with Gasteiger partial charge in [-0.1, -0.05) is 17.7 Å². The topological polar surface area (TPSA) is 26.3 Å². The highest BCUT2D eigenvalue weighted by Crippen LogP contribution is 2.27. The SMILES string of the molecule is O=Cc1ccc(Oc2cccc(Cl)c2)cc1Br. The van der Waals surface area contributed by atoms with Gasteiger partial charge in [-0.15, -0.1) is 0 Å². The highest BCUT2D eigenvalue weighted by atomic mass is 79.9. The summed E-state index contributed by atoms with van der Waals surface area (Å²) in [6.45, 7) is 0. The van der Waals surface area contributed by atoms with Crippen LogP contribution in [0.1, 0.15) is 10.4 Å². The number of rotatable bonds is 3.